The van der Waals surface area contributed by atoms with Gasteiger partial charge in [0.15, 0.2) is 0 Å². The number of hydrogen-bond donors (Lipinski definition) is 1. The SMILES string of the molecule is CC1CCCC(C)(C)/C1=N\N. The number of rotatable bonds is 0. The van der Waals surface area contributed by atoms with Gasteiger partial charge in [-0.1, -0.05) is 27.2 Å². The number of hydrazone groups is 1. The first-order valence-corrected chi connectivity index (χ1v) is 4.36. The maximum absolute atomic E-state index is 5.36. The minimum Gasteiger partial charge on any atom is -0.323 e. The van der Waals surface area contributed by atoms with Crippen molar-refractivity contribution in [1.82, 2.24) is 0 Å². The van der Waals surface area contributed by atoms with E-state index in [0.717, 1.165) is 0 Å². The Morgan fingerprint density at radius 2 is 2.18 bits per heavy atom. The zero-order valence-electron chi connectivity index (χ0n) is 7.72. The zero-order chi connectivity index (χ0) is 8.48. The lowest BCUT2D eigenvalue weighted by molar-refractivity contribution is 0.370. The van der Waals surface area contributed by atoms with Crippen LogP contribution in [0.25, 0.3) is 0 Å². The normalized spacial score (nSPS) is 34.1. The summed E-state index contributed by atoms with van der Waals surface area (Å²) in [6.07, 6.45) is 3.79. The van der Waals surface area contributed by atoms with Gasteiger partial charge < -0.3 is 5.84 Å². The van der Waals surface area contributed by atoms with Gasteiger partial charge in [-0.3, -0.25) is 0 Å². The molecule has 0 aromatic rings. The molecule has 0 aliphatic heterocycles. The van der Waals surface area contributed by atoms with Gasteiger partial charge in [-0.15, -0.1) is 0 Å². The molecule has 0 bridgehead atoms. The highest BCUT2D eigenvalue weighted by molar-refractivity contribution is 5.91. The van der Waals surface area contributed by atoms with Crippen LogP contribution < -0.4 is 5.84 Å². The summed E-state index contributed by atoms with van der Waals surface area (Å²) in [5.41, 5.74) is 1.44. The first kappa shape index (κ1) is 8.57. The van der Waals surface area contributed by atoms with Gasteiger partial charge in [0.2, 0.25) is 0 Å². The monoisotopic (exact) mass is 154 g/mol. The van der Waals surface area contributed by atoms with E-state index < -0.39 is 0 Å². The fraction of sp³-hybridized carbons (Fsp3) is 0.889. The molecule has 0 saturated heterocycles. The summed E-state index contributed by atoms with van der Waals surface area (Å²) < 4.78 is 0. The molecule has 1 atom stereocenters. The van der Waals surface area contributed by atoms with Crippen molar-refractivity contribution >= 4 is 5.71 Å². The highest BCUT2D eigenvalue weighted by atomic mass is 15.1. The third kappa shape index (κ3) is 1.55. The van der Waals surface area contributed by atoms with Crippen molar-refractivity contribution in [1.29, 1.82) is 0 Å². The molecule has 1 saturated carbocycles. The van der Waals surface area contributed by atoms with E-state index in [1.807, 2.05) is 0 Å². The Morgan fingerprint density at radius 3 is 2.55 bits per heavy atom. The maximum Gasteiger partial charge on any atom is 0.0460 e. The van der Waals surface area contributed by atoms with Crippen LogP contribution in [0.3, 0.4) is 0 Å². The molecule has 2 N–H and O–H groups in total. The second kappa shape index (κ2) is 2.84. The van der Waals surface area contributed by atoms with Crippen LogP contribution in [0.1, 0.15) is 40.0 Å². The predicted molar refractivity (Wildman–Crippen MR) is 48.4 cm³/mol. The molecule has 1 fully saturated rings. The molecule has 0 aromatic heterocycles. The first-order valence-electron chi connectivity index (χ1n) is 4.36. The van der Waals surface area contributed by atoms with Crippen molar-refractivity contribution in [2.45, 2.75) is 40.0 Å². The van der Waals surface area contributed by atoms with E-state index in [-0.39, 0.29) is 5.41 Å². The van der Waals surface area contributed by atoms with Crippen molar-refractivity contribution in [2.24, 2.45) is 22.3 Å². The van der Waals surface area contributed by atoms with Crippen LogP contribution in [0, 0.1) is 11.3 Å². The number of hydrogen-bond acceptors (Lipinski definition) is 2. The molecule has 1 aliphatic carbocycles. The Morgan fingerprint density at radius 1 is 1.55 bits per heavy atom. The van der Waals surface area contributed by atoms with E-state index in [2.05, 4.69) is 25.9 Å². The Bertz CT molecular complexity index is 170. The molecule has 2 heteroatoms. The van der Waals surface area contributed by atoms with E-state index in [9.17, 15) is 0 Å². The molecule has 0 aromatic carbocycles. The van der Waals surface area contributed by atoms with Gasteiger partial charge in [-0.2, -0.15) is 5.10 Å². The first-order chi connectivity index (χ1) is 5.08. The summed E-state index contributed by atoms with van der Waals surface area (Å²) in [7, 11) is 0. The maximum atomic E-state index is 5.36. The lowest BCUT2D eigenvalue weighted by Crippen LogP contribution is -2.34. The van der Waals surface area contributed by atoms with Gasteiger partial charge in [0.1, 0.15) is 0 Å². The quantitative estimate of drug-likeness (QED) is 0.421. The highest BCUT2D eigenvalue weighted by Gasteiger charge is 2.32. The summed E-state index contributed by atoms with van der Waals surface area (Å²) in [6.45, 7) is 6.68. The number of nitrogens with zero attached hydrogens (tertiary/aromatic N) is 1. The Labute approximate surface area is 68.9 Å². The minimum absolute atomic E-state index is 0.242. The molecule has 0 amide bonds. The molecule has 11 heavy (non-hydrogen) atoms. The largest absolute Gasteiger partial charge is 0.323 e. The summed E-state index contributed by atoms with van der Waals surface area (Å²) in [5, 5.41) is 3.90. The Kier molecular flexibility index (Phi) is 2.21. The van der Waals surface area contributed by atoms with Crippen LogP contribution in [0.4, 0.5) is 0 Å². The summed E-state index contributed by atoms with van der Waals surface area (Å²) in [4.78, 5) is 0. The molecule has 1 rings (SSSR count). The fourth-order valence-corrected chi connectivity index (χ4v) is 2.08. The lowest BCUT2D eigenvalue weighted by atomic mass is 9.71. The summed E-state index contributed by atoms with van der Waals surface area (Å²) >= 11 is 0. The van der Waals surface area contributed by atoms with Crippen molar-refractivity contribution in [2.75, 3.05) is 0 Å². The second-order valence-electron chi connectivity index (χ2n) is 4.19. The molecule has 0 radical (unpaired) electrons. The average molecular weight is 154 g/mol. The fourth-order valence-electron chi connectivity index (χ4n) is 2.08. The van der Waals surface area contributed by atoms with Crippen molar-refractivity contribution in [3.63, 3.8) is 0 Å². The smallest absolute Gasteiger partial charge is 0.0460 e. The molecule has 2 nitrogen and oxygen atoms in total. The summed E-state index contributed by atoms with van der Waals surface area (Å²) in [5.74, 6) is 5.94. The third-order valence-electron chi connectivity index (χ3n) is 2.74. The van der Waals surface area contributed by atoms with E-state index in [1.165, 1.54) is 25.0 Å². The molecular formula is C9H18N2. The molecular weight excluding hydrogens is 136 g/mol. The van der Waals surface area contributed by atoms with Crippen LogP contribution in [-0.4, -0.2) is 5.71 Å². The second-order valence-corrected chi connectivity index (χ2v) is 4.19. The van der Waals surface area contributed by atoms with Crippen LogP contribution in [0.15, 0.2) is 5.10 Å². The average Bonchev–Trinajstić information content (AvgIpc) is 1.86. The van der Waals surface area contributed by atoms with Crippen LogP contribution >= 0.6 is 0 Å². The van der Waals surface area contributed by atoms with Crippen LogP contribution in [0.5, 0.6) is 0 Å². The standard InChI is InChI=1S/C9H18N2/c1-7-5-4-6-9(2,3)8(7)11-10/h7H,4-6,10H2,1-3H3/b11-8-. The molecule has 64 valence electrons. The van der Waals surface area contributed by atoms with E-state index in [0.29, 0.717) is 5.92 Å². The van der Waals surface area contributed by atoms with Gasteiger partial charge in [0.05, 0.1) is 0 Å². The topological polar surface area (TPSA) is 38.4 Å². The van der Waals surface area contributed by atoms with Crippen LogP contribution in [-0.2, 0) is 0 Å². The molecule has 1 unspecified atom stereocenters. The third-order valence-corrected chi connectivity index (χ3v) is 2.74. The van der Waals surface area contributed by atoms with Crippen molar-refractivity contribution in [3.8, 4) is 0 Å². The van der Waals surface area contributed by atoms with E-state index >= 15 is 0 Å². The molecule has 0 spiro atoms. The molecule has 0 heterocycles. The highest BCUT2D eigenvalue weighted by Crippen LogP contribution is 2.35. The van der Waals surface area contributed by atoms with Gasteiger partial charge in [0.25, 0.3) is 0 Å². The predicted octanol–water partition coefficient (Wildman–Crippen LogP) is 2.15. The van der Waals surface area contributed by atoms with Gasteiger partial charge in [-0.05, 0) is 18.8 Å². The van der Waals surface area contributed by atoms with E-state index in [4.69, 9.17) is 5.84 Å². The van der Waals surface area contributed by atoms with Gasteiger partial charge in [-0.25, -0.2) is 0 Å². The van der Waals surface area contributed by atoms with Gasteiger partial charge in [0, 0.05) is 11.1 Å². The number of nitrogens with two attached hydrogens (primary N) is 1. The van der Waals surface area contributed by atoms with Gasteiger partial charge >= 0.3 is 0 Å². The minimum atomic E-state index is 0.242. The van der Waals surface area contributed by atoms with E-state index in [1.54, 1.807) is 0 Å². The van der Waals surface area contributed by atoms with Crippen molar-refractivity contribution < 1.29 is 0 Å². The lowest BCUT2D eigenvalue weighted by Gasteiger charge is -2.34. The van der Waals surface area contributed by atoms with Crippen molar-refractivity contribution in [3.05, 3.63) is 0 Å². The summed E-state index contributed by atoms with van der Waals surface area (Å²) in [6, 6.07) is 0. The molecule has 1 aliphatic rings. The van der Waals surface area contributed by atoms with Crippen LogP contribution in [0.2, 0.25) is 0 Å². The Hall–Kier alpha value is -0.530. The Balaban J connectivity index is 2.82. The zero-order valence-corrected chi connectivity index (χ0v) is 7.72.